The van der Waals surface area contributed by atoms with E-state index in [9.17, 15) is 9.59 Å². The SMILES string of the molecule is CC[C@H](C)N1C(=O)/C(=C/c2ccc(OC(=O)c3ccc(Cl)cc3)cc2)SC1=S. The Balaban J connectivity index is 1.70. The Labute approximate surface area is 178 Å². The minimum atomic E-state index is -0.459. The first-order valence-electron chi connectivity index (χ1n) is 8.74. The van der Waals surface area contributed by atoms with E-state index in [4.69, 9.17) is 28.6 Å². The van der Waals surface area contributed by atoms with Crippen molar-refractivity contribution in [1.29, 1.82) is 0 Å². The fourth-order valence-electron chi connectivity index (χ4n) is 2.58. The Morgan fingerprint density at radius 2 is 1.86 bits per heavy atom. The van der Waals surface area contributed by atoms with Crippen LogP contribution in [-0.2, 0) is 4.79 Å². The van der Waals surface area contributed by atoms with Crippen LogP contribution in [-0.4, -0.2) is 27.1 Å². The van der Waals surface area contributed by atoms with Gasteiger partial charge >= 0.3 is 5.97 Å². The Morgan fingerprint density at radius 1 is 1.21 bits per heavy atom. The van der Waals surface area contributed by atoms with Crippen molar-refractivity contribution in [2.45, 2.75) is 26.3 Å². The van der Waals surface area contributed by atoms with Gasteiger partial charge in [0.2, 0.25) is 0 Å². The largest absolute Gasteiger partial charge is 0.423 e. The molecule has 144 valence electrons. The molecule has 1 heterocycles. The van der Waals surface area contributed by atoms with Crippen molar-refractivity contribution < 1.29 is 14.3 Å². The predicted octanol–water partition coefficient (Wildman–Crippen LogP) is 5.56. The Hall–Kier alpha value is -2.15. The van der Waals surface area contributed by atoms with Crippen LogP contribution in [0.1, 0.15) is 36.2 Å². The maximum Gasteiger partial charge on any atom is 0.343 e. The quantitative estimate of drug-likeness (QED) is 0.268. The molecular weight excluding hydrogens is 414 g/mol. The maximum atomic E-state index is 12.6. The molecule has 0 aliphatic carbocycles. The summed E-state index contributed by atoms with van der Waals surface area (Å²) in [6.07, 6.45) is 2.64. The molecular formula is C21H18ClNO3S2. The topological polar surface area (TPSA) is 46.6 Å². The first kappa shape index (κ1) is 20.6. The maximum absolute atomic E-state index is 12.6. The number of ether oxygens (including phenoxy) is 1. The van der Waals surface area contributed by atoms with Crippen molar-refractivity contribution in [3.05, 3.63) is 69.6 Å². The lowest BCUT2D eigenvalue weighted by Crippen LogP contribution is -2.36. The number of carbonyl (C=O) groups is 2. The molecule has 7 heteroatoms. The van der Waals surface area contributed by atoms with Gasteiger partial charge in [-0.3, -0.25) is 9.69 Å². The van der Waals surface area contributed by atoms with Gasteiger partial charge in [-0.1, -0.05) is 54.6 Å². The van der Waals surface area contributed by atoms with Crippen LogP contribution in [0.5, 0.6) is 5.75 Å². The van der Waals surface area contributed by atoms with Gasteiger partial charge in [0.15, 0.2) is 0 Å². The Kier molecular flexibility index (Phi) is 6.54. The van der Waals surface area contributed by atoms with Crippen LogP contribution in [0, 0.1) is 0 Å². The van der Waals surface area contributed by atoms with Crippen molar-refractivity contribution in [2.24, 2.45) is 0 Å². The van der Waals surface area contributed by atoms with Crippen LogP contribution >= 0.6 is 35.6 Å². The van der Waals surface area contributed by atoms with Gasteiger partial charge in [0, 0.05) is 11.1 Å². The second-order valence-corrected chi connectivity index (χ2v) is 8.39. The molecule has 0 unspecified atom stereocenters. The number of nitrogens with zero attached hydrogens (tertiary/aromatic N) is 1. The summed E-state index contributed by atoms with van der Waals surface area (Å²) in [4.78, 5) is 27.0. The third-order valence-electron chi connectivity index (χ3n) is 4.32. The minimum Gasteiger partial charge on any atom is -0.423 e. The van der Waals surface area contributed by atoms with Gasteiger partial charge < -0.3 is 4.74 Å². The van der Waals surface area contributed by atoms with Crippen molar-refractivity contribution in [1.82, 2.24) is 4.90 Å². The summed E-state index contributed by atoms with van der Waals surface area (Å²) >= 11 is 12.5. The smallest absolute Gasteiger partial charge is 0.343 e. The second-order valence-electron chi connectivity index (χ2n) is 6.27. The van der Waals surface area contributed by atoms with Crippen LogP contribution < -0.4 is 4.74 Å². The molecule has 2 aromatic rings. The van der Waals surface area contributed by atoms with Crippen LogP contribution in [0.25, 0.3) is 6.08 Å². The van der Waals surface area contributed by atoms with E-state index < -0.39 is 5.97 Å². The van der Waals surface area contributed by atoms with Crippen molar-refractivity contribution in [3.63, 3.8) is 0 Å². The summed E-state index contributed by atoms with van der Waals surface area (Å²) in [5.74, 6) is -0.106. The number of amides is 1. The molecule has 1 amide bonds. The highest BCUT2D eigenvalue weighted by molar-refractivity contribution is 8.26. The predicted molar refractivity (Wildman–Crippen MR) is 118 cm³/mol. The zero-order valence-corrected chi connectivity index (χ0v) is 17.7. The highest BCUT2D eigenvalue weighted by Gasteiger charge is 2.34. The third kappa shape index (κ3) is 4.63. The average molecular weight is 432 g/mol. The summed E-state index contributed by atoms with van der Waals surface area (Å²) in [5, 5.41) is 0.555. The minimum absolute atomic E-state index is 0.0670. The summed E-state index contributed by atoms with van der Waals surface area (Å²) < 4.78 is 5.95. The van der Waals surface area contributed by atoms with Gasteiger partial charge in [0.05, 0.1) is 10.5 Å². The molecule has 3 rings (SSSR count). The lowest BCUT2D eigenvalue weighted by Gasteiger charge is -2.21. The molecule has 1 aliphatic rings. The average Bonchev–Trinajstić information content (AvgIpc) is 2.96. The van der Waals surface area contributed by atoms with Crippen molar-refractivity contribution in [3.8, 4) is 5.75 Å². The van der Waals surface area contributed by atoms with Gasteiger partial charge in [-0.15, -0.1) is 0 Å². The number of halogens is 1. The molecule has 1 atom stereocenters. The number of rotatable bonds is 5. The van der Waals surface area contributed by atoms with E-state index in [2.05, 4.69) is 0 Å². The number of thiocarbonyl (C=S) groups is 1. The molecule has 2 aromatic carbocycles. The molecule has 28 heavy (non-hydrogen) atoms. The van der Waals surface area contributed by atoms with E-state index in [1.807, 2.05) is 13.8 Å². The summed E-state index contributed by atoms with van der Waals surface area (Å²) in [5.41, 5.74) is 1.25. The van der Waals surface area contributed by atoms with E-state index >= 15 is 0 Å². The molecule has 0 spiro atoms. The van der Waals surface area contributed by atoms with Gasteiger partial charge in [-0.2, -0.15) is 0 Å². The van der Waals surface area contributed by atoms with Gasteiger partial charge in [0.1, 0.15) is 10.1 Å². The summed E-state index contributed by atoms with van der Waals surface area (Å²) in [6.45, 7) is 4.01. The van der Waals surface area contributed by atoms with E-state index in [1.54, 1.807) is 59.5 Å². The van der Waals surface area contributed by atoms with Crippen LogP contribution in [0.15, 0.2) is 53.4 Å². The zero-order chi connectivity index (χ0) is 20.3. The molecule has 1 saturated heterocycles. The molecule has 4 nitrogen and oxygen atoms in total. The molecule has 1 fully saturated rings. The highest BCUT2D eigenvalue weighted by atomic mass is 35.5. The number of hydrogen-bond donors (Lipinski definition) is 0. The van der Waals surface area contributed by atoms with Gasteiger partial charge in [-0.25, -0.2) is 4.79 Å². The van der Waals surface area contributed by atoms with E-state index in [-0.39, 0.29) is 11.9 Å². The van der Waals surface area contributed by atoms with E-state index in [0.29, 0.717) is 25.6 Å². The molecule has 0 aromatic heterocycles. The normalized spacial score (nSPS) is 16.5. The lowest BCUT2D eigenvalue weighted by molar-refractivity contribution is -0.123. The number of hydrogen-bond acceptors (Lipinski definition) is 5. The van der Waals surface area contributed by atoms with Crippen LogP contribution in [0.4, 0.5) is 0 Å². The Morgan fingerprint density at radius 3 is 2.46 bits per heavy atom. The van der Waals surface area contributed by atoms with Crippen molar-refractivity contribution in [2.75, 3.05) is 0 Å². The van der Waals surface area contributed by atoms with Gasteiger partial charge in [-0.05, 0) is 61.4 Å². The molecule has 0 N–H and O–H groups in total. The first-order valence-corrected chi connectivity index (χ1v) is 10.3. The number of carbonyl (C=O) groups excluding carboxylic acids is 2. The fourth-order valence-corrected chi connectivity index (χ4v) is 4.17. The molecule has 0 saturated carbocycles. The molecule has 0 bridgehead atoms. The van der Waals surface area contributed by atoms with Crippen LogP contribution in [0.3, 0.4) is 0 Å². The lowest BCUT2D eigenvalue weighted by atomic mass is 10.2. The second kappa shape index (κ2) is 8.90. The van der Waals surface area contributed by atoms with Gasteiger partial charge in [0.25, 0.3) is 5.91 Å². The van der Waals surface area contributed by atoms with E-state index in [0.717, 1.165) is 12.0 Å². The highest BCUT2D eigenvalue weighted by Crippen LogP contribution is 2.34. The molecule has 0 radical (unpaired) electrons. The number of benzene rings is 2. The number of thioether (sulfide) groups is 1. The monoisotopic (exact) mass is 431 g/mol. The third-order valence-corrected chi connectivity index (χ3v) is 5.91. The molecule has 1 aliphatic heterocycles. The summed E-state index contributed by atoms with van der Waals surface area (Å²) in [6, 6.07) is 13.5. The standard InChI is InChI=1S/C21H18ClNO3S2/c1-3-13(2)23-19(24)18(28-21(23)27)12-14-4-10-17(11-5-14)26-20(25)15-6-8-16(22)9-7-15/h4-13H,3H2,1-2H3/b18-12-/t13-/m0/s1. The van der Waals surface area contributed by atoms with Crippen molar-refractivity contribution >= 4 is 57.9 Å². The summed E-state index contributed by atoms with van der Waals surface area (Å²) in [7, 11) is 0. The van der Waals surface area contributed by atoms with Crippen LogP contribution in [0.2, 0.25) is 5.02 Å². The fraction of sp³-hybridized carbons (Fsp3) is 0.190. The zero-order valence-electron chi connectivity index (χ0n) is 15.3. The van der Waals surface area contributed by atoms with E-state index in [1.165, 1.54) is 11.8 Å². The number of esters is 1. The first-order chi connectivity index (χ1) is 13.4. The Bertz CT molecular complexity index is 939.